The number of nitrogens with zero attached hydrogens (tertiary/aromatic N) is 2. The average Bonchev–Trinajstić information content (AvgIpc) is 3.24. The molecule has 0 aliphatic heterocycles. The predicted octanol–water partition coefficient (Wildman–Crippen LogP) is 1.91. The molecule has 4 heteroatoms. The molecule has 2 fully saturated rings. The SMILES string of the molecule is CCN(CCOC)C1CCCC(C#N)(NC2CC2)C1. The summed E-state index contributed by atoms with van der Waals surface area (Å²) >= 11 is 0. The van der Waals surface area contributed by atoms with Crippen molar-refractivity contribution in [3.8, 4) is 6.07 Å². The molecule has 19 heavy (non-hydrogen) atoms. The Balaban J connectivity index is 1.95. The molecular formula is C15H27N3O. The van der Waals surface area contributed by atoms with Crippen LogP contribution in [0.2, 0.25) is 0 Å². The number of rotatable bonds is 7. The van der Waals surface area contributed by atoms with Crippen LogP contribution in [0.4, 0.5) is 0 Å². The predicted molar refractivity (Wildman–Crippen MR) is 75.9 cm³/mol. The van der Waals surface area contributed by atoms with E-state index in [2.05, 4.69) is 23.2 Å². The Morgan fingerprint density at radius 1 is 1.42 bits per heavy atom. The highest BCUT2D eigenvalue weighted by atomic mass is 16.5. The van der Waals surface area contributed by atoms with Crippen molar-refractivity contribution < 1.29 is 4.74 Å². The summed E-state index contributed by atoms with van der Waals surface area (Å²) in [5.41, 5.74) is -0.273. The van der Waals surface area contributed by atoms with E-state index in [4.69, 9.17) is 4.74 Å². The third kappa shape index (κ3) is 3.92. The zero-order valence-corrected chi connectivity index (χ0v) is 12.3. The smallest absolute Gasteiger partial charge is 0.108 e. The van der Waals surface area contributed by atoms with Crippen LogP contribution in [0.1, 0.15) is 45.4 Å². The maximum atomic E-state index is 9.61. The minimum absolute atomic E-state index is 0.273. The summed E-state index contributed by atoms with van der Waals surface area (Å²) in [4.78, 5) is 2.48. The van der Waals surface area contributed by atoms with Gasteiger partial charge in [0, 0.05) is 25.7 Å². The van der Waals surface area contributed by atoms with Gasteiger partial charge in [-0.3, -0.25) is 10.2 Å². The molecule has 2 unspecified atom stereocenters. The van der Waals surface area contributed by atoms with Gasteiger partial charge in [0.15, 0.2) is 0 Å². The van der Waals surface area contributed by atoms with Gasteiger partial charge >= 0.3 is 0 Å². The van der Waals surface area contributed by atoms with Crippen LogP contribution in [0.25, 0.3) is 0 Å². The molecular weight excluding hydrogens is 238 g/mol. The standard InChI is InChI=1S/C15H27N3O/c1-3-18(9-10-19-2)14-5-4-8-15(11-14,12-16)17-13-6-7-13/h13-14,17H,3-11H2,1-2H3. The molecule has 0 aromatic carbocycles. The van der Waals surface area contributed by atoms with Crippen molar-refractivity contribution >= 4 is 0 Å². The number of nitrogens with one attached hydrogen (secondary N) is 1. The molecule has 1 N–H and O–H groups in total. The fraction of sp³-hybridized carbons (Fsp3) is 0.933. The van der Waals surface area contributed by atoms with E-state index in [-0.39, 0.29) is 5.54 Å². The molecule has 0 aromatic heterocycles. The summed E-state index contributed by atoms with van der Waals surface area (Å²) in [6, 6.07) is 3.72. The van der Waals surface area contributed by atoms with Crippen LogP contribution in [-0.4, -0.2) is 49.3 Å². The lowest BCUT2D eigenvalue weighted by Crippen LogP contribution is -2.53. The summed E-state index contributed by atoms with van der Waals surface area (Å²) in [6.07, 6.45) is 6.84. The van der Waals surface area contributed by atoms with Crippen molar-refractivity contribution in [3.05, 3.63) is 0 Å². The first kappa shape index (κ1) is 14.8. The fourth-order valence-electron chi connectivity index (χ4n) is 3.25. The molecule has 0 aromatic rings. The average molecular weight is 265 g/mol. The summed E-state index contributed by atoms with van der Waals surface area (Å²) in [5.74, 6) is 0. The number of ether oxygens (including phenoxy) is 1. The van der Waals surface area contributed by atoms with E-state index in [9.17, 15) is 5.26 Å². The summed E-state index contributed by atoms with van der Waals surface area (Å²) in [6.45, 7) is 4.99. The van der Waals surface area contributed by atoms with E-state index in [1.54, 1.807) is 7.11 Å². The Morgan fingerprint density at radius 2 is 2.21 bits per heavy atom. The quantitative estimate of drug-likeness (QED) is 0.764. The van der Waals surface area contributed by atoms with Gasteiger partial charge in [0.05, 0.1) is 12.7 Å². The minimum Gasteiger partial charge on any atom is -0.383 e. The van der Waals surface area contributed by atoms with E-state index >= 15 is 0 Å². The highest BCUT2D eigenvalue weighted by Crippen LogP contribution is 2.34. The first-order valence-electron chi connectivity index (χ1n) is 7.65. The largest absolute Gasteiger partial charge is 0.383 e. The number of nitriles is 1. The van der Waals surface area contributed by atoms with Crippen LogP contribution in [-0.2, 0) is 4.74 Å². The number of likely N-dealkylation sites (N-methyl/N-ethyl adjacent to an activating group) is 1. The van der Waals surface area contributed by atoms with Crippen molar-refractivity contribution in [2.75, 3.05) is 26.8 Å². The van der Waals surface area contributed by atoms with Gasteiger partial charge in [0.25, 0.3) is 0 Å². The van der Waals surface area contributed by atoms with E-state index in [1.165, 1.54) is 19.3 Å². The van der Waals surface area contributed by atoms with E-state index in [1.807, 2.05) is 0 Å². The molecule has 0 bridgehead atoms. The van der Waals surface area contributed by atoms with Gasteiger partial charge in [0.1, 0.15) is 5.54 Å². The van der Waals surface area contributed by atoms with Crippen molar-refractivity contribution in [1.82, 2.24) is 10.2 Å². The first-order chi connectivity index (χ1) is 9.23. The van der Waals surface area contributed by atoms with Crippen LogP contribution >= 0.6 is 0 Å². The van der Waals surface area contributed by atoms with Crippen molar-refractivity contribution in [2.45, 2.75) is 63.1 Å². The molecule has 4 nitrogen and oxygen atoms in total. The molecule has 0 spiro atoms. The lowest BCUT2D eigenvalue weighted by atomic mass is 9.79. The van der Waals surface area contributed by atoms with Gasteiger partial charge in [-0.05, 0) is 45.1 Å². The Morgan fingerprint density at radius 3 is 2.79 bits per heavy atom. The normalized spacial score (nSPS) is 31.4. The summed E-state index contributed by atoms with van der Waals surface area (Å²) < 4.78 is 5.20. The van der Waals surface area contributed by atoms with Crippen molar-refractivity contribution in [3.63, 3.8) is 0 Å². The summed E-state index contributed by atoms with van der Waals surface area (Å²) in [7, 11) is 1.75. The second-order valence-electron chi connectivity index (χ2n) is 5.98. The second kappa shape index (κ2) is 6.69. The molecule has 0 radical (unpaired) electrons. The monoisotopic (exact) mass is 265 g/mol. The topological polar surface area (TPSA) is 48.3 Å². The molecule has 108 valence electrons. The maximum absolute atomic E-state index is 9.61. The van der Waals surface area contributed by atoms with E-state index < -0.39 is 0 Å². The maximum Gasteiger partial charge on any atom is 0.108 e. The third-order valence-corrected chi connectivity index (χ3v) is 4.50. The summed E-state index contributed by atoms with van der Waals surface area (Å²) in [5, 5.41) is 13.2. The molecule has 2 aliphatic carbocycles. The van der Waals surface area contributed by atoms with Crippen LogP contribution in [0.3, 0.4) is 0 Å². The molecule has 2 saturated carbocycles. The zero-order chi connectivity index (χ0) is 13.7. The first-order valence-corrected chi connectivity index (χ1v) is 7.65. The molecule has 0 saturated heterocycles. The highest BCUT2D eigenvalue weighted by Gasteiger charge is 2.41. The van der Waals surface area contributed by atoms with Crippen LogP contribution in [0.5, 0.6) is 0 Å². The molecule has 2 atom stereocenters. The highest BCUT2D eigenvalue weighted by molar-refractivity contribution is 5.13. The Kier molecular flexibility index (Phi) is 5.20. The van der Waals surface area contributed by atoms with Crippen LogP contribution < -0.4 is 5.32 Å². The number of hydrogen-bond donors (Lipinski definition) is 1. The van der Waals surface area contributed by atoms with Crippen LogP contribution in [0, 0.1) is 11.3 Å². The van der Waals surface area contributed by atoms with Crippen molar-refractivity contribution in [1.29, 1.82) is 5.26 Å². The Bertz CT molecular complexity index is 324. The molecule has 0 heterocycles. The Hall–Kier alpha value is -0.630. The second-order valence-corrected chi connectivity index (χ2v) is 5.98. The minimum atomic E-state index is -0.273. The van der Waals surface area contributed by atoms with E-state index in [0.29, 0.717) is 12.1 Å². The fourth-order valence-corrected chi connectivity index (χ4v) is 3.25. The lowest BCUT2D eigenvalue weighted by Gasteiger charge is -2.41. The molecule has 0 amide bonds. The van der Waals surface area contributed by atoms with Crippen molar-refractivity contribution in [2.24, 2.45) is 0 Å². The van der Waals surface area contributed by atoms with Gasteiger partial charge in [0.2, 0.25) is 0 Å². The number of methoxy groups -OCH3 is 1. The van der Waals surface area contributed by atoms with Gasteiger partial charge in [-0.1, -0.05) is 6.92 Å². The molecule has 2 aliphatic rings. The lowest BCUT2D eigenvalue weighted by molar-refractivity contribution is 0.0876. The number of hydrogen-bond acceptors (Lipinski definition) is 4. The van der Waals surface area contributed by atoms with Gasteiger partial charge in [-0.15, -0.1) is 0 Å². The third-order valence-electron chi connectivity index (χ3n) is 4.50. The van der Waals surface area contributed by atoms with E-state index in [0.717, 1.165) is 39.0 Å². The Labute approximate surface area is 117 Å². The van der Waals surface area contributed by atoms with Gasteiger partial charge in [-0.25, -0.2) is 0 Å². The van der Waals surface area contributed by atoms with Gasteiger partial charge in [-0.2, -0.15) is 5.26 Å². The molecule has 2 rings (SSSR count). The zero-order valence-electron chi connectivity index (χ0n) is 12.3. The van der Waals surface area contributed by atoms with Gasteiger partial charge < -0.3 is 4.74 Å². The van der Waals surface area contributed by atoms with Crippen LogP contribution in [0.15, 0.2) is 0 Å².